The van der Waals surface area contributed by atoms with E-state index in [4.69, 9.17) is 0 Å². The summed E-state index contributed by atoms with van der Waals surface area (Å²) >= 11 is 3.08. The van der Waals surface area contributed by atoms with Crippen LogP contribution in [0.25, 0.3) is 0 Å². The normalized spacial score (nSPS) is 10.5. The molecule has 20 heavy (non-hydrogen) atoms. The fraction of sp³-hybridized carbons (Fsp3) is 0.286. The maximum atomic E-state index is 13.3. The zero-order valence-electron chi connectivity index (χ0n) is 10.9. The molecule has 1 N–H and O–H groups in total. The molecule has 0 atom stereocenters. The minimum atomic E-state index is -0.433. The van der Waals surface area contributed by atoms with Crippen molar-refractivity contribution in [1.82, 2.24) is 14.9 Å². The SMILES string of the molecule is O=C(NCCCCn1ccnc1)c1cccc(F)c1Br. The molecule has 0 bridgehead atoms. The number of aromatic nitrogens is 2. The van der Waals surface area contributed by atoms with Gasteiger partial charge in [0.25, 0.3) is 5.91 Å². The second kappa shape index (κ2) is 7.19. The number of hydrogen-bond acceptors (Lipinski definition) is 2. The number of unbranched alkanes of at least 4 members (excludes halogenated alkanes) is 1. The molecular weight excluding hydrogens is 325 g/mol. The van der Waals surface area contributed by atoms with Crippen molar-refractivity contribution in [2.45, 2.75) is 19.4 Å². The van der Waals surface area contributed by atoms with Gasteiger partial charge in [-0.2, -0.15) is 0 Å². The van der Waals surface area contributed by atoms with Crippen molar-refractivity contribution in [3.8, 4) is 0 Å². The van der Waals surface area contributed by atoms with E-state index in [-0.39, 0.29) is 10.4 Å². The fourth-order valence-corrected chi connectivity index (χ4v) is 2.26. The van der Waals surface area contributed by atoms with Crippen LogP contribution in [0.1, 0.15) is 23.2 Å². The lowest BCUT2D eigenvalue weighted by molar-refractivity contribution is 0.0951. The van der Waals surface area contributed by atoms with Gasteiger partial charge in [0.15, 0.2) is 0 Å². The molecule has 0 spiro atoms. The third-order valence-corrected chi connectivity index (χ3v) is 3.69. The minimum absolute atomic E-state index is 0.205. The summed E-state index contributed by atoms with van der Waals surface area (Å²) in [5.41, 5.74) is 0.319. The molecule has 0 radical (unpaired) electrons. The van der Waals surface area contributed by atoms with E-state index in [0.29, 0.717) is 12.1 Å². The summed E-state index contributed by atoms with van der Waals surface area (Å²) in [5.74, 6) is -0.697. The third kappa shape index (κ3) is 3.90. The summed E-state index contributed by atoms with van der Waals surface area (Å²) in [5, 5.41) is 2.79. The molecule has 2 rings (SSSR count). The average Bonchev–Trinajstić information content (AvgIpc) is 2.94. The highest BCUT2D eigenvalue weighted by molar-refractivity contribution is 9.10. The highest BCUT2D eigenvalue weighted by atomic mass is 79.9. The number of halogens is 2. The molecule has 1 aromatic heterocycles. The van der Waals surface area contributed by atoms with Crippen molar-refractivity contribution >= 4 is 21.8 Å². The van der Waals surface area contributed by atoms with E-state index in [0.717, 1.165) is 19.4 Å². The van der Waals surface area contributed by atoms with Crippen molar-refractivity contribution in [3.63, 3.8) is 0 Å². The molecule has 0 saturated carbocycles. The first-order chi connectivity index (χ1) is 9.68. The van der Waals surface area contributed by atoms with Crippen LogP contribution >= 0.6 is 15.9 Å². The Labute approximate surface area is 125 Å². The van der Waals surface area contributed by atoms with Crippen molar-refractivity contribution in [2.75, 3.05) is 6.54 Å². The predicted molar refractivity (Wildman–Crippen MR) is 77.9 cm³/mol. The molecule has 1 aromatic carbocycles. The molecule has 106 valence electrons. The molecule has 4 nitrogen and oxygen atoms in total. The van der Waals surface area contributed by atoms with Crippen LogP contribution in [0.2, 0.25) is 0 Å². The molecule has 0 aliphatic rings. The van der Waals surface area contributed by atoms with Gasteiger partial charge in [-0.05, 0) is 40.9 Å². The summed E-state index contributed by atoms with van der Waals surface area (Å²) in [7, 11) is 0. The zero-order valence-corrected chi connectivity index (χ0v) is 12.4. The van der Waals surface area contributed by atoms with Gasteiger partial charge in [0, 0.05) is 25.5 Å². The third-order valence-electron chi connectivity index (χ3n) is 2.88. The van der Waals surface area contributed by atoms with Crippen LogP contribution in [0.15, 0.2) is 41.4 Å². The van der Waals surface area contributed by atoms with E-state index < -0.39 is 5.82 Å². The number of imidazole rings is 1. The minimum Gasteiger partial charge on any atom is -0.352 e. The highest BCUT2D eigenvalue weighted by Crippen LogP contribution is 2.20. The quantitative estimate of drug-likeness (QED) is 0.822. The molecule has 0 fully saturated rings. The van der Waals surface area contributed by atoms with Gasteiger partial charge in [0.1, 0.15) is 5.82 Å². The Balaban J connectivity index is 1.74. The topological polar surface area (TPSA) is 46.9 Å². The van der Waals surface area contributed by atoms with Gasteiger partial charge in [-0.25, -0.2) is 9.37 Å². The van der Waals surface area contributed by atoms with Crippen molar-refractivity contribution in [3.05, 3.63) is 52.8 Å². The zero-order chi connectivity index (χ0) is 14.4. The fourth-order valence-electron chi connectivity index (χ4n) is 1.81. The van der Waals surface area contributed by atoms with Gasteiger partial charge in [-0.15, -0.1) is 0 Å². The molecule has 0 aliphatic heterocycles. The van der Waals surface area contributed by atoms with Crippen LogP contribution in [0.5, 0.6) is 0 Å². The van der Waals surface area contributed by atoms with Crippen molar-refractivity contribution in [2.24, 2.45) is 0 Å². The molecule has 0 saturated heterocycles. The standard InChI is InChI=1S/C14H15BrFN3O/c15-13-11(4-3-5-12(13)16)14(20)18-6-1-2-8-19-9-7-17-10-19/h3-5,7,9-10H,1-2,6,8H2,(H,18,20). The lowest BCUT2D eigenvalue weighted by atomic mass is 10.2. The van der Waals surface area contributed by atoms with E-state index >= 15 is 0 Å². The maximum Gasteiger partial charge on any atom is 0.252 e. The van der Waals surface area contributed by atoms with Crippen LogP contribution in [-0.2, 0) is 6.54 Å². The van der Waals surface area contributed by atoms with E-state index in [1.807, 2.05) is 10.8 Å². The number of amides is 1. The van der Waals surface area contributed by atoms with Crippen LogP contribution in [0.4, 0.5) is 4.39 Å². The molecule has 2 aromatic rings. The number of benzene rings is 1. The van der Waals surface area contributed by atoms with Crippen LogP contribution in [0, 0.1) is 5.82 Å². The van der Waals surface area contributed by atoms with Gasteiger partial charge in [0.05, 0.1) is 16.4 Å². The largest absolute Gasteiger partial charge is 0.352 e. The van der Waals surface area contributed by atoms with Gasteiger partial charge in [-0.3, -0.25) is 4.79 Å². The maximum absolute atomic E-state index is 13.3. The lowest BCUT2D eigenvalue weighted by Crippen LogP contribution is -2.25. The smallest absolute Gasteiger partial charge is 0.252 e. The Hall–Kier alpha value is -1.69. The Morgan fingerprint density at radius 2 is 2.25 bits per heavy atom. The monoisotopic (exact) mass is 339 g/mol. The number of hydrogen-bond donors (Lipinski definition) is 1. The van der Waals surface area contributed by atoms with E-state index in [1.54, 1.807) is 18.6 Å². The molecular formula is C14H15BrFN3O. The first-order valence-corrected chi connectivity index (χ1v) is 7.16. The summed E-state index contributed by atoms with van der Waals surface area (Å²) in [6.07, 6.45) is 7.21. The summed E-state index contributed by atoms with van der Waals surface area (Å²) in [4.78, 5) is 15.8. The molecule has 0 unspecified atom stereocenters. The number of nitrogens with one attached hydrogen (secondary N) is 1. The van der Waals surface area contributed by atoms with E-state index in [1.165, 1.54) is 12.1 Å². The van der Waals surface area contributed by atoms with E-state index in [9.17, 15) is 9.18 Å². The molecule has 0 aliphatic carbocycles. The van der Waals surface area contributed by atoms with Gasteiger partial charge >= 0.3 is 0 Å². The number of aryl methyl sites for hydroxylation is 1. The van der Waals surface area contributed by atoms with Crippen molar-refractivity contribution < 1.29 is 9.18 Å². The summed E-state index contributed by atoms with van der Waals surface area (Å²) in [6, 6.07) is 4.42. The van der Waals surface area contributed by atoms with Crippen LogP contribution in [0.3, 0.4) is 0 Å². The Kier molecular flexibility index (Phi) is 5.29. The van der Waals surface area contributed by atoms with Gasteiger partial charge in [0.2, 0.25) is 0 Å². The first kappa shape index (κ1) is 14.7. The summed E-state index contributed by atoms with van der Waals surface area (Å²) < 4.78 is 15.5. The predicted octanol–water partition coefficient (Wildman–Crippen LogP) is 2.99. The lowest BCUT2D eigenvalue weighted by Gasteiger charge is -2.07. The number of carbonyl (C=O) groups is 1. The summed E-state index contributed by atoms with van der Waals surface area (Å²) in [6.45, 7) is 1.44. The van der Waals surface area contributed by atoms with Gasteiger partial charge < -0.3 is 9.88 Å². The van der Waals surface area contributed by atoms with Gasteiger partial charge in [-0.1, -0.05) is 6.07 Å². The van der Waals surface area contributed by atoms with Crippen molar-refractivity contribution in [1.29, 1.82) is 0 Å². The Morgan fingerprint density at radius 3 is 3.00 bits per heavy atom. The molecule has 1 heterocycles. The molecule has 6 heteroatoms. The van der Waals surface area contributed by atoms with Crippen LogP contribution in [-0.4, -0.2) is 22.0 Å². The average molecular weight is 340 g/mol. The first-order valence-electron chi connectivity index (χ1n) is 6.36. The highest BCUT2D eigenvalue weighted by Gasteiger charge is 2.12. The number of carbonyl (C=O) groups excluding carboxylic acids is 1. The Bertz CT molecular complexity index is 572. The number of nitrogens with zero attached hydrogens (tertiary/aromatic N) is 2. The second-order valence-corrected chi connectivity index (χ2v) is 5.16. The number of rotatable bonds is 6. The Morgan fingerprint density at radius 1 is 1.40 bits per heavy atom. The van der Waals surface area contributed by atoms with Crippen LogP contribution < -0.4 is 5.32 Å². The van der Waals surface area contributed by atoms with E-state index in [2.05, 4.69) is 26.2 Å². The second-order valence-electron chi connectivity index (χ2n) is 4.36. The molecule has 1 amide bonds.